The Morgan fingerprint density at radius 2 is 2.25 bits per heavy atom. The number of carbonyl (C=O) groups is 1. The first-order valence-corrected chi connectivity index (χ1v) is 6.71. The van der Waals surface area contributed by atoms with Crippen molar-refractivity contribution in [1.29, 1.82) is 0 Å². The highest BCUT2D eigenvalue weighted by Gasteiger charge is 2.14. The summed E-state index contributed by atoms with van der Waals surface area (Å²) in [6, 6.07) is 5.60. The molecule has 0 fully saturated rings. The molecule has 0 aliphatic rings. The molecule has 0 aliphatic carbocycles. The molecule has 1 aromatic carbocycles. The smallest absolute Gasteiger partial charge is 0.252 e. The van der Waals surface area contributed by atoms with Crippen LogP contribution in [-0.4, -0.2) is 32.2 Å². The van der Waals surface area contributed by atoms with Gasteiger partial charge in [0.1, 0.15) is 0 Å². The summed E-state index contributed by atoms with van der Waals surface area (Å²) in [4.78, 5) is 12.3. The van der Waals surface area contributed by atoms with Crippen LogP contribution in [0, 0.1) is 18.8 Å². The first-order chi connectivity index (χ1) is 9.62. The number of nitrogens with one attached hydrogen (secondary N) is 1. The van der Waals surface area contributed by atoms with Crippen LogP contribution in [0.15, 0.2) is 18.2 Å². The molecule has 108 valence electrons. The number of hydrogen-bond donors (Lipinski definition) is 2. The third-order valence-corrected chi connectivity index (χ3v) is 2.94. The Hall–Kier alpha value is -1.83. The lowest BCUT2D eigenvalue weighted by molar-refractivity contribution is 0.0894. The molecule has 1 unspecified atom stereocenters. The lowest BCUT2D eigenvalue weighted by atomic mass is 10.0. The highest BCUT2D eigenvalue weighted by molar-refractivity contribution is 5.97. The third kappa shape index (κ3) is 4.69. The van der Waals surface area contributed by atoms with Crippen molar-refractivity contribution in [2.75, 3.05) is 20.3 Å². The molecule has 0 radical (unpaired) electrons. The fraction of sp³-hybridized carbons (Fsp3) is 0.438. The first-order valence-electron chi connectivity index (χ1n) is 6.71. The Kier molecular flexibility index (Phi) is 6.78. The van der Waals surface area contributed by atoms with Crippen molar-refractivity contribution in [3.8, 4) is 11.8 Å². The van der Waals surface area contributed by atoms with Gasteiger partial charge in [0.15, 0.2) is 0 Å². The van der Waals surface area contributed by atoms with Crippen molar-refractivity contribution >= 4 is 5.91 Å². The van der Waals surface area contributed by atoms with Gasteiger partial charge in [-0.25, -0.2) is 0 Å². The van der Waals surface area contributed by atoms with E-state index < -0.39 is 0 Å². The van der Waals surface area contributed by atoms with Gasteiger partial charge in [0.2, 0.25) is 0 Å². The van der Waals surface area contributed by atoms with Crippen LogP contribution in [-0.2, 0) is 4.74 Å². The van der Waals surface area contributed by atoms with Crippen molar-refractivity contribution in [1.82, 2.24) is 5.32 Å². The van der Waals surface area contributed by atoms with Crippen LogP contribution in [0.25, 0.3) is 0 Å². The van der Waals surface area contributed by atoms with Crippen LogP contribution in [0.2, 0.25) is 0 Å². The van der Waals surface area contributed by atoms with E-state index in [0.717, 1.165) is 12.0 Å². The minimum absolute atomic E-state index is 0.00382. The minimum Gasteiger partial charge on any atom is -0.383 e. The molecule has 0 bridgehead atoms. The van der Waals surface area contributed by atoms with Crippen LogP contribution in [0.1, 0.15) is 34.8 Å². The average Bonchev–Trinajstić information content (AvgIpc) is 2.44. The Balaban J connectivity index is 2.97. The maximum Gasteiger partial charge on any atom is 0.252 e. The van der Waals surface area contributed by atoms with Crippen molar-refractivity contribution in [3.05, 3.63) is 34.9 Å². The summed E-state index contributed by atoms with van der Waals surface area (Å²) in [6.07, 6.45) is 0.815. The van der Waals surface area contributed by atoms with Crippen LogP contribution in [0.5, 0.6) is 0 Å². The van der Waals surface area contributed by atoms with Gasteiger partial charge >= 0.3 is 0 Å². The Labute approximate surface area is 120 Å². The highest BCUT2D eigenvalue weighted by atomic mass is 16.5. The molecule has 0 aromatic heterocycles. The summed E-state index contributed by atoms with van der Waals surface area (Å²) in [6.45, 7) is 4.75. The van der Waals surface area contributed by atoms with Gasteiger partial charge in [0.05, 0.1) is 24.8 Å². The standard InChI is InChI=1S/C16H22N2O2/c1-4-14(11-20-3)18-16(19)15-8-7-12(2)10-13(15)6-5-9-17/h7-8,10,14H,4,9,11,17H2,1-3H3,(H,18,19). The molecule has 1 amide bonds. The predicted octanol–water partition coefficient (Wildman–Crippen LogP) is 1.46. The Morgan fingerprint density at radius 3 is 2.85 bits per heavy atom. The molecule has 0 saturated heterocycles. The number of rotatable bonds is 5. The third-order valence-electron chi connectivity index (χ3n) is 2.94. The largest absolute Gasteiger partial charge is 0.383 e. The van der Waals surface area contributed by atoms with E-state index in [1.165, 1.54) is 0 Å². The van der Waals surface area contributed by atoms with Crippen molar-refractivity contribution in [2.45, 2.75) is 26.3 Å². The molecule has 4 nitrogen and oxygen atoms in total. The van der Waals surface area contributed by atoms with E-state index in [-0.39, 0.29) is 18.5 Å². The van der Waals surface area contributed by atoms with Gasteiger partial charge in [0.25, 0.3) is 5.91 Å². The molecule has 0 heterocycles. The number of nitrogens with two attached hydrogens (primary N) is 1. The summed E-state index contributed by atoms with van der Waals surface area (Å²) < 4.78 is 5.09. The maximum atomic E-state index is 12.3. The van der Waals surface area contributed by atoms with Gasteiger partial charge in [-0.15, -0.1) is 0 Å². The number of benzene rings is 1. The van der Waals surface area contributed by atoms with Gasteiger partial charge in [-0.2, -0.15) is 0 Å². The topological polar surface area (TPSA) is 64.3 Å². The van der Waals surface area contributed by atoms with Gasteiger partial charge in [0, 0.05) is 12.7 Å². The number of hydrogen-bond acceptors (Lipinski definition) is 3. The van der Waals surface area contributed by atoms with Crippen LogP contribution < -0.4 is 11.1 Å². The molecular formula is C16H22N2O2. The van der Waals surface area contributed by atoms with E-state index in [4.69, 9.17) is 10.5 Å². The van der Waals surface area contributed by atoms with Gasteiger partial charge in [-0.05, 0) is 31.0 Å². The molecule has 0 aliphatic heterocycles. The maximum absolute atomic E-state index is 12.3. The number of carbonyl (C=O) groups excluding carboxylic acids is 1. The van der Waals surface area contributed by atoms with E-state index in [0.29, 0.717) is 17.7 Å². The number of aryl methyl sites for hydroxylation is 1. The molecule has 4 heteroatoms. The zero-order chi connectivity index (χ0) is 15.0. The molecule has 1 atom stereocenters. The fourth-order valence-electron chi connectivity index (χ4n) is 1.83. The van der Waals surface area contributed by atoms with Crippen LogP contribution in [0.3, 0.4) is 0 Å². The van der Waals surface area contributed by atoms with Gasteiger partial charge in [-0.1, -0.05) is 24.8 Å². The monoisotopic (exact) mass is 274 g/mol. The fourth-order valence-corrected chi connectivity index (χ4v) is 1.83. The van der Waals surface area contributed by atoms with E-state index in [1.807, 2.05) is 26.0 Å². The molecule has 0 spiro atoms. The number of ether oxygens (including phenoxy) is 1. The normalized spacial score (nSPS) is 11.4. The summed E-state index contributed by atoms with van der Waals surface area (Å²) in [7, 11) is 1.62. The summed E-state index contributed by atoms with van der Waals surface area (Å²) >= 11 is 0. The van der Waals surface area contributed by atoms with Crippen molar-refractivity contribution in [3.63, 3.8) is 0 Å². The highest BCUT2D eigenvalue weighted by Crippen LogP contribution is 2.11. The quantitative estimate of drug-likeness (QED) is 0.799. The summed E-state index contributed by atoms with van der Waals surface area (Å²) in [5.74, 6) is 5.61. The van der Waals surface area contributed by atoms with Crippen LogP contribution >= 0.6 is 0 Å². The minimum atomic E-state index is -0.129. The average molecular weight is 274 g/mol. The SMILES string of the molecule is CCC(COC)NC(=O)c1ccc(C)cc1C#CCN. The summed E-state index contributed by atoms with van der Waals surface area (Å²) in [5, 5.41) is 2.96. The second-order valence-electron chi connectivity index (χ2n) is 4.59. The Bertz CT molecular complexity index is 515. The Morgan fingerprint density at radius 1 is 1.50 bits per heavy atom. The number of methoxy groups -OCH3 is 1. The number of amides is 1. The molecule has 20 heavy (non-hydrogen) atoms. The van der Waals surface area contributed by atoms with Gasteiger partial charge < -0.3 is 15.8 Å². The van der Waals surface area contributed by atoms with E-state index in [9.17, 15) is 4.79 Å². The van der Waals surface area contributed by atoms with Gasteiger partial charge in [-0.3, -0.25) is 4.79 Å². The molecule has 3 N–H and O–H groups in total. The summed E-state index contributed by atoms with van der Waals surface area (Å²) in [5.41, 5.74) is 7.74. The second-order valence-corrected chi connectivity index (χ2v) is 4.59. The van der Waals surface area contributed by atoms with E-state index in [2.05, 4.69) is 17.2 Å². The molecular weight excluding hydrogens is 252 g/mol. The van der Waals surface area contributed by atoms with E-state index >= 15 is 0 Å². The second kappa shape index (κ2) is 8.36. The lowest BCUT2D eigenvalue weighted by Gasteiger charge is -2.16. The zero-order valence-electron chi connectivity index (χ0n) is 12.3. The molecule has 1 rings (SSSR count). The predicted molar refractivity (Wildman–Crippen MR) is 80.5 cm³/mol. The van der Waals surface area contributed by atoms with Crippen LogP contribution in [0.4, 0.5) is 0 Å². The lowest BCUT2D eigenvalue weighted by Crippen LogP contribution is -2.37. The molecule has 1 aromatic rings. The zero-order valence-corrected chi connectivity index (χ0v) is 12.3. The molecule has 0 saturated carbocycles. The first kappa shape index (κ1) is 16.2. The van der Waals surface area contributed by atoms with Crippen molar-refractivity contribution in [2.24, 2.45) is 5.73 Å². The van der Waals surface area contributed by atoms with Crippen molar-refractivity contribution < 1.29 is 9.53 Å². The van der Waals surface area contributed by atoms with E-state index in [1.54, 1.807) is 13.2 Å².